The summed E-state index contributed by atoms with van der Waals surface area (Å²) in [6.45, 7) is 2.13. The first kappa shape index (κ1) is 13.3. The van der Waals surface area contributed by atoms with Gasteiger partial charge in [0.15, 0.2) is 0 Å². The number of nitrogens with zero attached hydrogens (tertiary/aromatic N) is 1. The number of nitro groups is 1. The Balaban J connectivity index is 2.28. The lowest BCUT2D eigenvalue weighted by Gasteiger charge is -2.23. The molecule has 1 atom stereocenters. The molecule has 0 aromatic heterocycles. The zero-order chi connectivity index (χ0) is 13.3. The van der Waals surface area contributed by atoms with Gasteiger partial charge in [-0.15, -0.1) is 0 Å². The van der Waals surface area contributed by atoms with E-state index in [0.29, 0.717) is 17.5 Å². The van der Waals surface area contributed by atoms with Crippen LogP contribution >= 0.6 is 11.6 Å². The summed E-state index contributed by atoms with van der Waals surface area (Å²) < 4.78 is 0. The first-order valence-corrected chi connectivity index (χ1v) is 6.46. The van der Waals surface area contributed by atoms with Gasteiger partial charge in [0.05, 0.1) is 4.92 Å². The maximum atomic E-state index is 11.0. The molecule has 4 nitrogen and oxygen atoms in total. The Morgan fingerprint density at radius 3 is 2.72 bits per heavy atom. The van der Waals surface area contributed by atoms with Crippen LogP contribution in [0.5, 0.6) is 0 Å². The third-order valence-corrected chi connectivity index (χ3v) is 4.26. The van der Waals surface area contributed by atoms with E-state index in [2.05, 4.69) is 12.2 Å². The number of hydrogen-bond donors (Lipinski definition) is 1. The van der Waals surface area contributed by atoms with Crippen molar-refractivity contribution in [3.8, 4) is 0 Å². The van der Waals surface area contributed by atoms with Crippen LogP contribution in [0.1, 0.15) is 25.3 Å². The minimum Gasteiger partial charge on any atom is -0.317 e. The Morgan fingerprint density at radius 2 is 2.22 bits per heavy atom. The highest BCUT2D eigenvalue weighted by molar-refractivity contribution is 6.30. The van der Waals surface area contributed by atoms with Crippen molar-refractivity contribution >= 4 is 17.3 Å². The molecule has 1 aromatic carbocycles. The average molecular weight is 269 g/mol. The number of nitrogens with one attached hydrogen (secondary N) is 1. The van der Waals surface area contributed by atoms with Crippen LogP contribution < -0.4 is 5.32 Å². The fraction of sp³-hybridized carbons (Fsp3) is 0.538. The van der Waals surface area contributed by atoms with Gasteiger partial charge in [0, 0.05) is 22.7 Å². The van der Waals surface area contributed by atoms with E-state index in [-0.39, 0.29) is 16.0 Å². The molecule has 1 N–H and O–H groups in total. The fourth-order valence-electron chi connectivity index (χ4n) is 2.48. The molecule has 1 aromatic rings. The lowest BCUT2D eigenvalue weighted by molar-refractivity contribution is -0.385. The summed E-state index contributed by atoms with van der Waals surface area (Å²) in [7, 11) is 1.93. The van der Waals surface area contributed by atoms with E-state index in [9.17, 15) is 10.1 Å². The number of rotatable bonds is 5. The molecule has 0 aliphatic heterocycles. The average Bonchev–Trinajstić information content (AvgIpc) is 3.08. The summed E-state index contributed by atoms with van der Waals surface area (Å²) in [5, 5.41) is 14.8. The summed E-state index contributed by atoms with van der Waals surface area (Å²) >= 11 is 5.95. The zero-order valence-corrected chi connectivity index (χ0v) is 11.3. The van der Waals surface area contributed by atoms with Gasteiger partial charge in [-0.2, -0.15) is 0 Å². The van der Waals surface area contributed by atoms with Gasteiger partial charge >= 0.3 is 0 Å². The lowest BCUT2D eigenvalue weighted by Crippen LogP contribution is -2.33. The topological polar surface area (TPSA) is 55.2 Å². The van der Waals surface area contributed by atoms with Gasteiger partial charge in [-0.3, -0.25) is 10.1 Å². The second-order valence-electron chi connectivity index (χ2n) is 5.08. The quantitative estimate of drug-likeness (QED) is 0.659. The van der Waals surface area contributed by atoms with E-state index >= 15 is 0 Å². The fourth-order valence-corrected chi connectivity index (χ4v) is 2.68. The van der Waals surface area contributed by atoms with Gasteiger partial charge in [-0.1, -0.05) is 11.6 Å². The Kier molecular flexibility index (Phi) is 3.59. The van der Waals surface area contributed by atoms with Gasteiger partial charge in [-0.25, -0.2) is 0 Å². The van der Waals surface area contributed by atoms with Crippen LogP contribution in [-0.4, -0.2) is 18.0 Å². The molecule has 1 aliphatic rings. The molecule has 0 spiro atoms. The summed E-state index contributed by atoms with van der Waals surface area (Å²) in [5.41, 5.74) is 1.07. The van der Waals surface area contributed by atoms with Crippen LogP contribution in [0.4, 0.5) is 5.69 Å². The molecule has 2 rings (SSSR count). The van der Waals surface area contributed by atoms with Crippen LogP contribution in [-0.2, 0) is 6.42 Å². The molecule has 18 heavy (non-hydrogen) atoms. The summed E-state index contributed by atoms with van der Waals surface area (Å²) in [6.07, 6.45) is 2.93. The van der Waals surface area contributed by atoms with Crippen molar-refractivity contribution in [2.24, 2.45) is 5.41 Å². The van der Waals surface area contributed by atoms with E-state index in [1.165, 1.54) is 6.07 Å². The largest absolute Gasteiger partial charge is 0.317 e. The highest BCUT2D eigenvalue weighted by atomic mass is 35.5. The van der Waals surface area contributed by atoms with E-state index in [1.54, 1.807) is 12.1 Å². The van der Waals surface area contributed by atoms with Crippen molar-refractivity contribution in [2.75, 3.05) is 7.05 Å². The van der Waals surface area contributed by atoms with Crippen LogP contribution in [0.25, 0.3) is 0 Å². The third kappa shape index (κ3) is 2.49. The predicted molar refractivity (Wildman–Crippen MR) is 72.0 cm³/mol. The van der Waals surface area contributed by atoms with Crippen LogP contribution in [0, 0.1) is 15.5 Å². The van der Waals surface area contributed by atoms with Gasteiger partial charge in [-0.05, 0) is 50.8 Å². The first-order valence-electron chi connectivity index (χ1n) is 6.08. The van der Waals surface area contributed by atoms with E-state index < -0.39 is 0 Å². The van der Waals surface area contributed by atoms with Crippen LogP contribution in [0.15, 0.2) is 18.2 Å². The highest BCUT2D eigenvalue weighted by Gasteiger charge is 2.47. The lowest BCUT2D eigenvalue weighted by atomic mass is 9.89. The molecule has 98 valence electrons. The van der Waals surface area contributed by atoms with Crippen molar-refractivity contribution in [3.05, 3.63) is 38.9 Å². The van der Waals surface area contributed by atoms with Gasteiger partial charge in [0.2, 0.25) is 0 Å². The summed E-state index contributed by atoms with van der Waals surface area (Å²) in [6, 6.07) is 5.15. The molecule has 1 aliphatic carbocycles. The molecule has 1 saturated carbocycles. The molecular formula is C13H17ClN2O2. The molecule has 0 amide bonds. The molecule has 0 saturated heterocycles. The van der Waals surface area contributed by atoms with Crippen LogP contribution in [0.3, 0.4) is 0 Å². The van der Waals surface area contributed by atoms with Gasteiger partial charge in [0.25, 0.3) is 5.69 Å². The third-order valence-electron chi connectivity index (χ3n) is 4.02. The number of hydrogen-bond acceptors (Lipinski definition) is 3. The highest BCUT2D eigenvalue weighted by Crippen LogP contribution is 2.52. The van der Waals surface area contributed by atoms with Crippen molar-refractivity contribution in [1.82, 2.24) is 5.32 Å². The maximum absolute atomic E-state index is 11.0. The summed E-state index contributed by atoms with van der Waals surface area (Å²) in [5.74, 6) is 0. The van der Waals surface area contributed by atoms with Crippen LogP contribution in [0.2, 0.25) is 5.02 Å². The molecule has 0 radical (unpaired) electrons. The molecule has 0 bridgehead atoms. The molecule has 1 unspecified atom stereocenters. The zero-order valence-electron chi connectivity index (χ0n) is 10.6. The number of halogens is 1. The molecular weight excluding hydrogens is 252 g/mol. The molecule has 0 heterocycles. The molecule has 1 fully saturated rings. The SMILES string of the molecule is CNC(C)C1(Cc2cc(Cl)ccc2[N+](=O)[O-])CC1. The van der Waals surface area contributed by atoms with Crippen molar-refractivity contribution in [1.29, 1.82) is 0 Å². The van der Waals surface area contributed by atoms with Crippen molar-refractivity contribution < 1.29 is 4.92 Å². The Labute approximate surface area is 111 Å². The van der Waals surface area contributed by atoms with Gasteiger partial charge < -0.3 is 5.32 Å². The smallest absolute Gasteiger partial charge is 0.272 e. The second kappa shape index (κ2) is 4.86. The Bertz CT molecular complexity index is 472. The maximum Gasteiger partial charge on any atom is 0.272 e. The minimum absolute atomic E-state index is 0.157. The summed E-state index contributed by atoms with van der Waals surface area (Å²) in [4.78, 5) is 10.7. The monoisotopic (exact) mass is 268 g/mol. The standard InChI is InChI=1S/C13H17ClN2O2/c1-9(15-2)13(5-6-13)8-10-7-11(14)3-4-12(10)16(17)18/h3-4,7,9,15H,5-6,8H2,1-2H3. The first-order chi connectivity index (χ1) is 8.48. The Morgan fingerprint density at radius 1 is 1.56 bits per heavy atom. The molecule has 5 heteroatoms. The van der Waals surface area contributed by atoms with E-state index in [4.69, 9.17) is 11.6 Å². The Hall–Kier alpha value is -1.13. The number of benzene rings is 1. The second-order valence-corrected chi connectivity index (χ2v) is 5.52. The normalized spacial score (nSPS) is 18.4. The van der Waals surface area contributed by atoms with Gasteiger partial charge in [0.1, 0.15) is 0 Å². The predicted octanol–water partition coefficient (Wildman–Crippen LogP) is 3.18. The van der Waals surface area contributed by atoms with E-state index in [0.717, 1.165) is 18.4 Å². The van der Waals surface area contributed by atoms with Crippen molar-refractivity contribution in [3.63, 3.8) is 0 Å². The minimum atomic E-state index is -0.328. The van der Waals surface area contributed by atoms with E-state index in [1.807, 2.05) is 7.05 Å². The van der Waals surface area contributed by atoms with Crippen molar-refractivity contribution in [2.45, 2.75) is 32.2 Å². The number of nitro benzene ring substituents is 1.